The molecule has 1 unspecified atom stereocenters. The number of amides is 2. The van der Waals surface area contributed by atoms with Crippen LogP contribution >= 0.6 is 0 Å². The summed E-state index contributed by atoms with van der Waals surface area (Å²) in [6.45, 7) is 4.79. The van der Waals surface area contributed by atoms with Gasteiger partial charge in [-0.25, -0.2) is 4.79 Å². The highest BCUT2D eigenvalue weighted by Gasteiger charge is 2.28. The van der Waals surface area contributed by atoms with Gasteiger partial charge in [0.1, 0.15) is 0 Å². The van der Waals surface area contributed by atoms with Crippen LogP contribution in [0.5, 0.6) is 0 Å². The summed E-state index contributed by atoms with van der Waals surface area (Å²) in [5.41, 5.74) is 2.94. The first kappa shape index (κ1) is 13.4. The van der Waals surface area contributed by atoms with E-state index < -0.39 is 5.97 Å². The Morgan fingerprint density at radius 2 is 2.21 bits per heavy atom. The van der Waals surface area contributed by atoms with Gasteiger partial charge in [-0.15, -0.1) is 0 Å². The molecule has 1 fully saturated rings. The average molecular weight is 262 g/mol. The van der Waals surface area contributed by atoms with Crippen molar-refractivity contribution in [2.24, 2.45) is 5.92 Å². The molecule has 1 aliphatic rings. The number of aliphatic carboxylic acids is 1. The summed E-state index contributed by atoms with van der Waals surface area (Å²) in [5.74, 6) is -0.892. The van der Waals surface area contributed by atoms with Crippen molar-refractivity contribution in [3.05, 3.63) is 29.3 Å². The predicted molar refractivity (Wildman–Crippen MR) is 72.4 cm³/mol. The molecule has 1 atom stereocenters. The fourth-order valence-corrected chi connectivity index (χ4v) is 2.33. The van der Waals surface area contributed by atoms with Crippen LogP contribution in [0.4, 0.5) is 10.5 Å². The molecule has 1 aromatic rings. The maximum Gasteiger partial charge on any atom is 0.321 e. The first-order chi connectivity index (χ1) is 8.97. The molecular weight excluding hydrogens is 244 g/mol. The summed E-state index contributed by atoms with van der Waals surface area (Å²) in [6, 6.07) is 5.77. The first-order valence-electron chi connectivity index (χ1n) is 6.32. The summed E-state index contributed by atoms with van der Waals surface area (Å²) in [6.07, 6.45) is 0.0711. The van der Waals surface area contributed by atoms with Crippen LogP contribution in [0.25, 0.3) is 0 Å². The second-order valence-electron chi connectivity index (χ2n) is 5.05. The maximum atomic E-state index is 12.0. The van der Waals surface area contributed by atoms with E-state index in [1.807, 2.05) is 32.0 Å². The monoisotopic (exact) mass is 262 g/mol. The molecule has 2 rings (SSSR count). The number of hydrogen-bond acceptors (Lipinski definition) is 2. The average Bonchev–Trinajstić information content (AvgIpc) is 2.34. The Hall–Kier alpha value is -2.04. The molecule has 2 amide bonds. The molecule has 0 radical (unpaired) electrons. The number of urea groups is 1. The lowest BCUT2D eigenvalue weighted by molar-refractivity contribution is -0.138. The van der Waals surface area contributed by atoms with Gasteiger partial charge in [0.25, 0.3) is 0 Å². The van der Waals surface area contributed by atoms with Gasteiger partial charge in [0.05, 0.1) is 6.42 Å². The molecule has 2 N–H and O–H groups in total. The van der Waals surface area contributed by atoms with Gasteiger partial charge in [-0.1, -0.05) is 12.1 Å². The summed E-state index contributed by atoms with van der Waals surface area (Å²) in [7, 11) is 0. The molecule has 0 bridgehead atoms. The number of carbonyl (C=O) groups excluding carboxylic acids is 1. The van der Waals surface area contributed by atoms with Crippen molar-refractivity contribution in [3.63, 3.8) is 0 Å². The minimum Gasteiger partial charge on any atom is -0.481 e. The van der Waals surface area contributed by atoms with Crippen molar-refractivity contribution in [2.75, 3.05) is 18.0 Å². The van der Waals surface area contributed by atoms with E-state index in [1.165, 1.54) is 0 Å². The van der Waals surface area contributed by atoms with Gasteiger partial charge in [0.15, 0.2) is 0 Å². The largest absolute Gasteiger partial charge is 0.481 e. The Morgan fingerprint density at radius 3 is 2.89 bits per heavy atom. The van der Waals surface area contributed by atoms with Crippen molar-refractivity contribution in [3.8, 4) is 0 Å². The zero-order valence-corrected chi connectivity index (χ0v) is 11.1. The fraction of sp³-hybridized carbons (Fsp3) is 0.429. The van der Waals surface area contributed by atoms with Gasteiger partial charge in [-0.05, 0) is 31.0 Å². The zero-order valence-electron chi connectivity index (χ0n) is 11.1. The Kier molecular flexibility index (Phi) is 3.74. The van der Waals surface area contributed by atoms with Gasteiger partial charge >= 0.3 is 12.0 Å². The van der Waals surface area contributed by atoms with Crippen molar-refractivity contribution in [1.29, 1.82) is 0 Å². The number of nitrogens with zero attached hydrogens (tertiary/aromatic N) is 1. The minimum atomic E-state index is -0.831. The van der Waals surface area contributed by atoms with Crippen molar-refractivity contribution in [1.82, 2.24) is 5.32 Å². The number of nitrogens with one attached hydrogen (secondary N) is 1. The first-order valence-corrected chi connectivity index (χ1v) is 6.32. The lowest BCUT2D eigenvalue weighted by Gasteiger charge is -2.33. The number of anilines is 1. The van der Waals surface area contributed by atoms with Crippen LogP contribution in [0.2, 0.25) is 0 Å². The zero-order chi connectivity index (χ0) is 14.0. The molecule has 0 aliphatic carbocycles. The molecule has 1 saturated heterocycles. The van der Waals surface area contributed by atoms with Gasteiger partial charge < -0.3 is 10.4 Å². The molecule has 102 valence electrons. The minimum absolute atomic E-state index is 0.0601. The summed E-state index contributed by atoms with van der Waals surface area (Å²) in [4.78, 5) is 24.4. The van der Waals surface area contributed by atoms with E-state index in [4.69, 9.17) is 5.11 Å². The molecule has 1 aliphatic heterocycles. The lowest BCUT2D eigenvalue weighted by atomic mass is 10.0. The SMILES string of the molecule is Cc1ccc(C)c(N2CC(CC(=O)O)CNC2=O)c1. The van der Waals surface area contributed by atoms with Crippen LogP contribution in [0.15, 0.2) is 18.2 Å². The molecular formula is C14H18N2O3. The number of carboxylic acids is 1. The van der Waals surface area contributed by atoms with Crippen molar-refractivity contribution in [2.45, 2.75) is 20.3 Å². The van der Waals surface area contributed by atoms with Crippen LogP contribution in [0, 0.1) is 19.8 Å². The van der Waals surface area contributed by atoms with Gasteiger partial charge in [0, 0.05) is 24.7 Å². The highest BCUT2D eigenvalue weighted by atomic mass is 16.4. The predicted octanol–water partition coefficient (Wildman–Crippen LogP) is 1.92. The normalized spacial score (nSPS) is 19.2. The van der Waals surface area contributed by atoms with Gasteiger partial charge in [-0.2, -0.15) is 0 Å². The molecule has 0 spiro atoms. The number of carbonyl (C=O) groups is 2. The Balaban J connectivity index is 2.23. The highest BCUT2D eigenvalue weighted by molar-refractivity contribution is 5.93. The quantitative estimate of drug-likeness (QED) is 0.874. The second kappa shape index (κ2) is 5.30. The lowest BCUT2D eigenvalue weighted by Crippen LogP contribution is -2.52. The number of carboxylic acid groups (broad SMARTS) is 1. The van der Waals surface area contributed by atoms with E-state index in [0.29, 0.717) is 13.1 Å². The van der Waals surface area contributed by atoms with Crippen LogP contribution in [0.3, 0.4) is 0 Å². The third kappa shape index (κ3) is 3.05. The van der Waals surface area contributed by atoms with E-state index in [1.54, 1.807) is 4.90 Å². The van der Waals surface area contributed by atoms with Crippen molar-refractivity contribution >= 4 is 17.7 Å². The van der Waals surface area contributed by atoms with E-state index in [-0.39, 0.29) is 18.4 Å². The van der Waals surface area contributed by atoms with Crippen LogP contribution in [-0.4, -0.2) is 30.2 Å². The highest BCUT2D eigenvalue weighted by Crippen LogP contribution is 2.25. The van der Waals surface area contributed by atoms with E-state index in [9.17, 15) is 9.59 Å². The molecule has 1 aromatic carbocycles. The van der Waals surface area contributed by atoms with Crippen LogP contribution < -0.4 is 10.2 Å². The third-order valence-corrected chi connectivity index (χ3v) is 3.35. The van der Waals surface area contributed by atoms with Crippen LogP contribution in [-0.2, 0) is 4.79 Å². The number of rotatable bonds is 3. The molecule has 1 heterocycles. The molecule has 0 saturated carbocycles. The number of hydrogen-bond donors (Lipinski definition) is 2. The van der Waals surface area contributed by atoms with Crippen molar-refractivity contribution < 1.29 is 14.7 Å². The molecule has 5 heteroatoms. The van der Waals surface area contributed by atoms with E-state index >= 15 is 0 Å². The van der Waals surface area contributed by atoms with E-state index in [0.717, 1.165) is 16.8 Å². The van der Waals surface area contributed by atoms with Gasteiger partial charge in [-0.3, -0.25) is 9.69 Å². The third-order valence-electron chi connectivity index (χ3n) is 3.35. The van der Waals surface area contributed by atoms with Gasteiger partial charge in [0.2, 0.25) is 0 Å². The second-order valence-corrected chi connectivity index (χ2v) is 5.05. The fourth-order valence-electron chi connectivity index (χ4n) is 2.33. The molecule has 5 nitrogen and oxygen atoms in total. The Morgan fingerprint density at radius 1 is 1.47 bits per heavy atom. The topological polar surface area (TPSA) is 69.6 Å². The maximum absolute atomic E-state index is 12.0. The summed E-state index contributed by atoms with van der Waals surface area (Å²) >= 11 is 0. The Labute approximate surface area is 112 Å². The summed E-state index contributed by atoms with van der Waals surface area (Å²) < 4.78 is 0. The summed E-state index contributed by atoms with van der Waals surface area (Å²) in [5, 5.41) is 11.6. The van der Waals surface area contributed by atoms with Crippen LogP contribution in [0.1, 0.15) is 17.5 Å². The molecule has 0 aromatic heterocycles. The van der Waals surface area contributed by atoms with E-state index in [2.05, 4.69) is 5.32 Å². The number of aryl methyl sites for hydroxylation is 2. The smallest absolute Gasteiger partial charge is 0.321 e. The number of benzene rings is 1. The molecule has 19 heavy (non-hydrogen) atoms. The Bertz CT molecular complexity index is 513. The standard InChI is InChI=1S/C14H18N2O3/c1-9-3-4-10(2)12(5-9)16-8-11(6-13(17)18)7-15-14(16)19/h3-5,11H,6-8H2,1-2H3,(H,15,19)(H,17,18).